The van der Waals surface area contributed by atoms with Crippen molar-refractivity contribution in [3.63, 3.8) is 0 Å². The summed E-state index contributed by atoms with van der Waals surface area (Å²) in [6, 6.07) is 14.4. The molecule has 1 unspecified atom stereocenters. The molecule has 0 radical (unpaired) electrons. The van der Waals surface area contributed by atoms with Crippen molar-refractivity contribution in [1.29, 1.82) is 0 Å². The van der Waals surface area contributed by atoms with Crippen LogP contribution in [0.4, 0.5) is 0 Å². The van der Waals surface area contributed by atoms with Gasteiger partial charge in [0.15, 0.2) is 0 Å². The molecule has 4 heteroatoms. The molecule has 1 nitrogen and oxygen atoms in total. The van der Waals surface area contributed by atoms with Gasteiger partial charge < -0.3 is 5.32 Å². The highest BCUT2D eigenvalue weighted by atomic mass is 35.5. The maximum atomic E-state index is 6.42. The van der Waals surface area contributed by atoms with Crippen LogP contribution in [-0.2, 0) is 0 Å². The Balaban J connectivity index is 2.12. The summed E-state index contributed by atoms with van der Waals surface area (Å²) in [7, 11) is 0. The molecule has 112 valence electrons. The van der Waals surface area contributed by atoms with Crippen LogP contribution in [0.15, 0.2) is 52.3 Å². The van der Waals surface area contributed by atoms with Crippen LogP contribution in [0.2, 0.25) is 10.0 Å². The molecule has 0 aromatic heterocycles. The van der Waals surface area contributed by atoms with E-state index in [4.69, 9.17) is 23.2 Å². The second-order valence-electron chi connectivity index (χ2n) is 4.93. The Morgan fingerprint density at radius 1 is 1.14 bits per heavy atom. The summed E-state index contributed by atoms with van der Waals surface area (Å²) < 4.78 is 0. The second-order valence-corrected chi connectivity index (χ2v) is 6.88. The molecule has 0 fully saturated rings. The molecule has 0 saturated heterocycles. The van der Waals surface area contributed by atoms with Crippen LogP contribution in [0.25, 0.3) is 0 Å². The summed E-state index contributed by atoms with van der Waals surface area (Å²) in [5.41, 5.74) is 1.21. The summed E-state index contributed by atoms with van der Waals surface area (Å²) in [4.78, 5) is 2.14. The standard InChI is InChI=1S/C17H19Cl2NS/c1-3-9-20-12(2)13-7-8-17(16(19)10-13)21-15-6-4-5-14(18)11-15/h4-8,10-12,20H,3,9H2,1-2H3. The van der Waals surface area contributed by atoms with E-state index in [2.05, 4.69) is 31.3 Å². The van der Waals surface area contributed by atoms with Crippen molar-refractivity contribution >= 4 is 35.0 Å². The number of nitrogens with one attached hydrogen (secondary N) is 1. The average molecular weight is 340 g/mol. The molecule has 1 N–H and O–H groups in total. The fourth-order valence-electron chi connectivity index (χ4n) is 2.01. The van der Waals surface area contributed by atoms with Gasteiger partial charge >= 0.3 is 0 Å². The van der Waals surface area contributed by atoms with Crippen molar-refractivity contribution in [2.24, 2.45) is 0 Å². The van der Waals surface area contributed by atoms with E-state index in [9.17, 15) is 0 Å². The van der Waals surface area contributed by atoms with Crippen LogP contribution in [0.1, 0.15) is 31.9 Å². The van der Waals surface area contributed by atoms with E-state index in [-0.39, 0.29) is 0 Å². The largest absolute Gasteiger partial charge is 0.310 e. The predicted molar refractivity (Wildman–Crippen MR) is 93.7 cm³/mol. The van der Waals surface area contributed by atoms with Crippen LogP contribution < -0.4 is 5.32 Å². The van der Waals surface area contributed by atoms with Crippen LogP contribution in [0.3, 0.4) is 0 Å². The van der Waals surface area contributed by atoms with Gasteiger partial charge in [-0.15, -0.1) is 0 Å². The summed E-state index contributed by atoms with van der Waals surface area (Å²) in [5.74, 6) is 0. The number of hydrogen-bond donors (Lipinski definition) is 1. The van der Waals surface area contributed by atoms with Gasteiger partial charge in [0, 0.05) is 20.9 Å². The Morgan fingerprint density at radius 3 is 2.62 bits per heavy atom. The van der Waals surface area contributed by atoms with Crippen molar-refractivity contribution in [3.8, 4) is 0 Å². The van der Waals surface area contributed by atoms with Crippen molar-refractivity contribution in [2.45, 2.75) is 36.1 Å². The predicted octanol–water partition coefficient (Wildman–Crippen LogP) is 6.21. The highest BCUT2D eigenvalue weighted by molar-refractivity contribution is 7.99. The summed E-state index contributed by atoms with van der Waals surface area (Å²) in [6.45, 7) is 5.33. The lowest BCUT2D eigenvalue weighted by Gasteiger charge is -2.15. The number of benzene rings is 2. The minimum Gasteiger partial charge on any atom is -0.310 e. The van der Waals surface area contributed by atoms with E-state index in [1.54, 1.807) is 11.8 Å². The zero-order valence-corrected chi connectivity index (χ0v) is 14.5. The van der Waals surface area contributed by atoms with Crippen molar-refractivity contribution < 1.29 is 0 Å². The minimum atomic E-state index is 0.313. The van der Waals surface area contributed by atoms with Crippen LogP contribution >= 0.6 is 35.0 Å². The first kappa shape index (κ1) is 16.7. The van der Waals surface area contributed by atoms with Crippen LogP contribution in [-0.4, -0.2) is 6.54 Å². The molecular weight excluding hydrogens is 321 g/mol. The van der Waals surface area contributed by atoms with Gasteiger partial charge in [0.1, 0.15) is 0 Å². The van der Waals surface area contributed by atoms with Crippen LogP contribution in [0.5, 0.6) is 0 Å². The molecule has 0 saturated carbocycles. The van der Waals surface area contributed by atoms with Gasteiger partial charge in [-0.05, 0) is 55.8 Å². The first-order chi connectivity index (χ1) is 10.1. The molecule has 2 aromatic rings. The third-order valence-corrected chi connectivity index (χ3v) is 4.91. The van der Waals surface area contributed by atoms with Crippen molar-refractivity contribution in [3.05, 3.63) is 58.1 Å². The topological polar surface area (TPSA) is 12.0 Å². The van der Waals surface area contributed by atoms with E-state index in [1.165, 1.54) is 5.56 Å². The Morgan fingerprint density at radius 2 is 1.95 bits per heavy atom. The Kier molecular flexibility index (Phi) is 6.43. The van der Waals surface area contributed by atoms with Gasteiger partial charge in [-0.25, -0.2) is 0 Å². The Hall–Kier alpha value is -0.670. The van der Waals surface area contributed by atoms with E-state index in [0.29, 0.717) is 6.04 Å². The monoisotopic (exact) mass is 339 g/mol. The quantitative estimate of drug-likeness (QED) is 0.671. The molecule has 0 aliphatic rings. The maximum absolute atomic E-state index is 6.42. The number of hydrogen-bond acceptors (Lipinski definition) is 2. The molecule has 1 atom stereocenters. The molecule has 2 aromatic carbocycles. The van der Waals surface area contributed by atoms with Gasteiger partial charge in [-0.3, -0.25) is 0 Å². The Bertz CT molecular complexity index is 601. The lowest BCUT2D eigenvalue weighted by Crippen LogP contribution is -2.19. The SMILES string of the molecule is CCCNC(C)c1ccc(Sc2cccc(Cl)c2)c(Cl)c1. The third kappa shape index (κ3) is 4.93. The molecule has 21 heavy (non-hydrogen) atoms. The fraction of sp³-hybridized carbons (Fsp3) is 0.294. The molecule has 2 rings (SSSR count). The molecule has 0 aliphatic heterocycles. The molecule has 0 aliphatic carbocycles. The van der Waals surface area contributed by atoms with Crippen molar-refractivity contribution in [2.75, 3.05) is 6.54 Å². The number of halogens is 2. The van der Waals surface area contributed by atoms with Crippen molar-refractivity contribution in [1.82, 2.24) is 5.32 Å². The van der Waals surface area contributed by atoms with Gasteiger partial charge in [0.05, 0.1) is 5.02 Å². The zero-order chi connectivity index (χ0) is 15.2. The second kappa shape index (κ2) is 8.09. The van der Waals surface area contributed by atoms with E-state index < -0.39 is 0 Å². The van der Waals surface area contributed by atoms with Gasteiger partial charge in [0.2, 0.25) is 0 Å². The zero-order valence-electron chi connectivity index (χ0n) is 12.2. The molecule has 0 spiro atoms. The highest BCUT2D eigenvalue weighted by Gasteiger charge is 2.09. The first-order valence-electron chi connectivity index (χ1n) is 7.06. The van der Waals surface area contributed by atoms with Gasteiger partial charge in [0.25, 0.3) is 0 Å². The van der Waals surface area contributed by atoms with E-state index >= 15 is 0 Å². The first-order valence-corrected chi connectivity index (χ1v) is 8.63. The highest BCUT2D eigenvalue weighted by Crippen LogP contribution is 2.35. The average Bonchev–Trinajstić information content (AvgIpc) is 2.47. The maximum Gasteiger partial charge on any atom is 0.0548 e. The molecule has 0 bridgehead atoms. The van der Waals surface area contributed by atoms with E-state index in [0.717, 1.165) is 32.8 Å². The van der Waals surface area contributed by atoms with Gasteiger partial charge in [-0.2, -0.15) is 0 Å². The lowest BCUT2D eigenvalue weighted by molar-refractivity contribution is 0.570. The lowest BCUT2D eigenvalue weighted by atomic mass is 10.1. The minimum absolute atomic E-state index is 0.313. The summed E-state index contributed by atoms with van der Waals surface area (Å²) >= 11 is 14.1. The number of rotatable bonds is 6. The van der Waals surface area contributed by atoms with E-state index in [1.807, 2.05) is 30.3 Å². The Labute approximate surface area is 141 Å². The molecular formula is C17H19Cl2NS. The molecule has 0 amide bonds. The fourth-order valence-corrected chi connectivity index (χ4v) is 3.44. The third-order valence-electron chi connectivity index (χ3n) is 3.18. The van der Waals surface area contributed by atoms with Crippen LogP contribution in [0, 0.1) is 0 Å². The summed E-state index contributed by atoms with van der Waals surface area (Å²) in [5, 5.41) is 4.99. The summed E-state index contributed by atoms with van der Waals surface area (Å²) in [6.07, 6.45) is 1.13. The molecule has 0 heterocycles. The van der Waals surface area contributed by atoms with Gasteiger partial charge in [-0.1, -0.05) is 54.0 Å². The smallest absolute Gasteiger partial charge is 0.0548 e. The normalized spacial score (nSPS) is 12.4.